The number of nitrogens with one attached hydrogen (secondary N) is 1. The van der Waals surface area contributed by atoms with Gasteiger partial charge in [0.1, 0.15) is 11.8 Å². The molecule has 0 heterocycles. The van der Waals surface area contributed by atoms with Gasteiger partial charge in [-0.05, 0) is 5.92 Å². The second-order valence-corrected chi connectivity index (χ2v) is 4.15. The SMILES string of the molecule is CCC(=O)CC(NC(=O)CC(C)C)C(=O)O. The number of carbonyl (C=O) groups is 3. The van der Waals surface area contributed by atoms with E-state index in [1.165, 1.54) is 0 Å². The number of aliphatic carboxylic acids is 1. The van der Waals surface area contributed by atoms with E-state index >= 15 is 0 Å². The van der Waals surface area contributed by atoms with Gasteiger partial charge in [0.15, 0.2) is 0 Å². The predicted molar refractivity (Wildman–Crippen MR) is 58.9 cm³/mol. The molecule has 0 saturated carbocycles. The van der Waals surface area contributed by atoms with Crippen molar-refractivity contribution in [2.24, 2.45) is 5.92 Å². The van der Waals surface area contributed by atoms with E-state index in [4.69, 9.17) is 5.11 Å². The topological polar surface area (TPSA) is 83.5 Å². The molecule has 16 heavy (non-hydrogen) atoms. The van der Waals surface area contributed by atoms with Crippen molar-refractivity contribution >= 4 is 17.7 Å². The highest BCUT2D eigenvalue weighted by molar-refractivity contribution is 5.89. The van der Waals surface area contributed by atoms with Crippen LogP contribution in [0.1, 0.15) is 40.0 Å². The Morgan fingerprint density at radius 1 is 1.19 bits per heavy atom. The molecule has 1 amide bonds. The molecule has 1 unspecified atom stereocenters. The van der Waals surface area contributed by atoms with Crippen LogP contribution in [0.3, 0.4) is 0 Å². The van der Waals surface area contributed by atoms with Crippen LogP contribution in [0.25, 0.3) is 0 Å². The Balaban J connectivity index is 4.28. The van der Waals surface area contributed by atoms with Crippen molar-refractivity contribution in [3.63, 3.8) is 0 Å². The molecule has 0 aromatic heterocycles. The van der Waals surface area contributed by atoms with Gasteiger partial charge in [0.25, 0.3) is 0 Å². The number of carboxylic acid groups (broad SMARTS) is 1. The summed E-state index contributed by atoms with van der Waals surface area (Å²) in [5, 5.41) is 11.2. The molecule has 0 spiro atoms. The number of rotatable bonds is 7. The highest BCUT2D eigenvalue weighted by Gasteiger charge is 2.22. The number of Topliss-reactive ketones (excluding diaryl/α,β-unsaturated/α-hetero) is 1. The van der Waals surface area contributed by atoms with E-state index < -0.39 is 12.0 Å². The molecule has 5 heteroatoms. The lowest BCUT2D eigenvalue weighted by Crippen LogP contribution is -2.42. The number of amides is 1. The van der Waals surface area contributed by atoms with E-state index in [9.17, 15) is 14.4 Å². The summed E-state index contributed by atoms with van der Waals surface area (Å²) < 4.78 is 0. The van der Waals surface area contributed by atoms with Crippen molar-refractivity contribution in [2.75, 3.05) is 0 Å². The lowest BCUT2D eigenvalue weighted by Gasteiger charge is -2.14. The van der Waals surface area contributed by atoms with E-state index in [0.717, 1.165) is 0 Å². The second-order valence-electron chi connectivity index (χ2n) is 4.15. The summed E-state index contributed by atoms with van der Waals surface area (Å²) in [6.45, 7) is 5.40. The minimum absolute atomic E-state index is 0.143. The van der Waals surface area contributed by atoms with Gasteiger partial charge in [0.2, 0.25) is 5.91 Å². The van der Waals surface area contributed by atoms with E-state index in [2.05, 4.69) is 5.32 Å². The fraction of sp³-hybridized carbons (Fsp3) is 0.727. The molecule has 0 aromatic carbocycles. The quantitative estimate of drug-likeness (QED) is 0.681. The summed E-state index contributed by atoms with van der Waals surface area (Å²) in [5.74, 6) is -1.50. The number of hydrogen-bond acceptors (Lipinski definition) is 3. The van der Waals surface area contributed by atoms with Crippen molar-refractivity contribution < 1.29 is 19.5 Å². The monoisotopic (exact) mass is 229 g/mol. The first-order chi connectivity index (χ1) is 7.36. The second kappa shape index (κ2) is 6.98. The summed E-state index contributed by atoms with van der Waals surface area (Å²) in [4.78, 5) is 33.3. The van der Waals surface area contributed by atoms with Gasteiger partial charge in [-0.2, -0.15) is 0 Å². The van der Waals surface area contributed by atoms with Crippen LogP contribution in [0.5, 0.6) is 0 Å². The molecule has 0 saturated heterocycles. The standard InChI is InChI=1S/C11H19NO4/c1-4-8(13)6-9(11(15)16)12-10(14)5-7(2)3/h7,9H,4-6H2,1-3H3,(H,12,14)(H,15,16). The van der Waals surface area contributed by atoms with Crippen LogP contribution in [-0.2, 0) is 14.4 Å². The van der Waals surface area contributed by atoms with Crippen LogP contribution < -0.4 is 5.32 Å². The molecule has 0 rings (SSSR count). The summed E-state index contributed by atoms with van der Waals surface area (Å²) >= 11 is 0. The molecule has 0 fully saturated rings. The maximum Gasteiger partial charge on any atom is 0.326 e. The molecule has 0 aliphatic heterocycles. The lowest BCUT2D eigenvalue weighted by atomic mass is 10.1. The van der Waals surface area contributed by atoms with E-state index in [-0.39, 0.29) is 36.9 Å². The first-order valence-corrected chi connectivity index (χ1v) is 5.40. The fourth-order valence-corrected chi connectivity index (χ4v) is 1.20. The normalized spacial score (nSPS) is 12.2. The Morgan fingerprint density at radius 2 is 1.75 bits per heavy atom. The summed E-state index contributed by atoms with van der Waals surface area (Å²) in [7, 11) is 0. The van der Waals surface area contributed by atoms with Crippen LogP contribution in [0.4, 0.5) is 0 Å². The van der Waals surface area contributed by atoms with Crippen LogP contribution in [0.2, 0.25) is 0 Å². The molecule has 0 bridgehead atoms. The van der Waals surface area contributed by atoms with Gasteiger partial charge < -0.3 is 10.4 Å². The maximum absolute atomic E-state index is 11.4. The Bertz CT molecular complexity index is 273. The first-order valence-electron chi connectivity index (χ1n) is 5.40. The van der Waals surface area contributed by atoms with E-state index in [1.807, 2.05) is 13.8 Å². The van der Waals surface area contributed by atoms with Crippen molar-refractivity contribution in [1.82, 2.24) is 5.32 Å². The van der Waals surface area contributed by atoms with Gasteiger partial charge in [0.05, 0.1) is 0 Å². The van der Waals surface area contributed by atoms with Crippen molar-refractivity contribution in [3.05, 3.63) is 0 Å². The molecule has 0 aromatic rings. The minimum Gasteiger partial charge on any atom is -0.480 e. The number of carbonyl (C=O) groups excluding carboxylic acids is 2. The van der Waals surface area contributed by atoms with Crippen molar-refractivity contribution in [1.29, 1.82) is 0 Å². The van der Waals surface area contributed by atoms with Crippen LogP contribution in [0.15, 0.2) is 0 Å². The van der Waals surface area contributed by atoms with Gasteiger partial charge in [0, 0.05) is 19.3 Å². The molecular formula is C11H19NO4. The first kappa shape index (κ1) is 14.6. The summed E-state index contributed by atoms with van der Waals surface area (Å²) in [6, 6.07) is -1.10. The Labute approximate surface area is 95.2 Å². The molecule has 0 aliphatic rings. The number of ketones is 1. The average molecular weight is 229 g/mol. The zero-order chi connectivity index (χ0) is 12.7. The molecule has 1 atom stereocenters. The van der Waals surface area contributed by atoms with E-state index in [0.29, 0.717) is 0 Å². The summed E-state index contributed by atoms with van der Waals surface area (Å²) in [6.07, 6.45) is 0.406. The van der Waals surface area contributed by atoms with Gasteiger partial charge in [-0.25, -0.2) is 4.79 Å². The fourth-order valence-electron chi connectivity index (χ4n) is 1.20. The summed E-state index contributed by atoms with van der Waals surface area (Å²) in [5.41, 5.74) is 0. The van der Waals surface area contributed by atoms with Crippen LogP contribution in [0, 0.1) is 5.92 Å². The maximum atomic E-state index is 11.4. The lowest BCUT2D eigenvalue weighted by molar-refractivity contribution is -0.143. The van der Waals surface area contributed by atoms with Gasteiger partial charge >= 0.3 is 5.97 Å². The molecule has 92 valence electrons. The average Bonchev–Trinajstić information content (AvgIpc) is 2.14. The van der Waals surface area contributed by atoms with Gasteiger partial charge in [-0.15, -0.1) is 0 Å². The van der Waals surface area contributed by atoms with Gasteiger partial charge in [-0.3, -0.25) is 9.59 Å². The van der Waals surface area contributed by atoms with E-state index in [1.54, 1.807) is 6.92 Å². The number of hydrogen-bond donors (Lipinski definition) is 2. The number of carboxylic acids is 1. The molecular weight excluding hydrogens is 210 g/mol. The van der Waals surface area contributed by atoms with Crippen molar-refractivity contribution in [3.8, 4) is 0 Å². The van der Waals surface area contributed by atoms with Gasteiger partial charge in [-0.1, -0.05) is 20.8 Å². The smallest absolute Gasteiger partial charge is 0.326 e. The molecule has 2 N–H and O–H groups in total. The highest BCUT2D eigenvalue weighted by atomic mass is 16.4. The zero-order valence-electron chi connectivity index (χ0n) is 9.95. The largest absolute Gasteiger partial charge is 0.480 e. The molecule has 0 radical (unpaired) electrons. The Kier molecular flexibility index (Phi) is 6.37. The zero-order valence-corrected chi connectivity index (χ0v) is 9.95. The third-order valence-electron chi connectivity index (χ3n) is 2.05. The third-order valence-corrected chi connectivity index (χ3v) is 2.05. The van der Waals surface area contributed by atoms with Crippen LogP contribution in [-0.4, -0.2) is 28.8 Å². The van der Waals surface area contributed by atoms with Crippen molar-refractivity contribution in [2.45, 2.75) is 46.1 Å². The highest BCUT2D eigenvalue weighted by Crippen LogP contribution is 2.02. The Morgan fingerprint density at radius 3 is 2.12 bits per heavy atom. The van der Waals surface area contributed by atoms with Crippen LogP contribution >= 0.6 is 0 Å². The molecule has 0 aliphatic carbocycles. The minimum atomic E-state index is -1.17. The molecule has 5 nitrogen and oxygen atoms in total. The third kappa shape index (κ3) is 6.16. The Hall–Kier alpha value is -1.39. The predicted octanol–water partition coefficient (Wildman–Crippen LogP) is 0.971.